The Bertz CT molecular complexity index is 579. The van der Waals surface area contributed by atoms with Crippen LogP contribution in [0.15, 0.2) is 23.0 Å². The summed E-state index contributed by atoms with van der Waals surface area (Å²) in [6.07, 6.45) is 0. The smallest absolute Gasteiger partial charge is 0.263 e. The summed E-state index contributed by atoms with van der Waals surface area (Å²) in [5.74, 6) is 0. The third kappa shape index (κ3) is 1.71. The molecule has 15 heavy (non-hydrogen) atoms. The predicted molar refractivity (Wildman–Crippen MR) is 60.2 cm³/mol. The second kappa shape index (κ2) is 3.81. The number of hydrogen-bond donors (Lipinski definition) is 1. The van der Waals surface area contributed by atoms with Crippen molar-refractivity contribution >= 4 is 34.1 Å². The normalized spacial score (nSPS) is 10.9. The summed E-state index contributed by atoms with van der Waals surface area (Å²) in [4.78, 5) is 15.8. The van der Waals surface area contributed by atoms with E-state index in [0.717, 1.165) is 0 Å². The highest BCUT2D eigenvalue weighted by Crippen LogP contribution is 2.16. The first kappa shape index (κ1) is 10.4. The molecule has 0 radical (unpaired) electrons. The average Bonchev–Trinajstić information content (AvgIpc) is 2.17. The Morgan fingerprint density at radius 1 is 1.40 bits per heavy atom. The lowest BCUT2D eigenvalue weighted by Gasteiger charge is -2.05. The molecule has 1 heterocycles. The molecule has 0 bridgehead atoms. The van der Waals surface area contributed by atoms with Crippen molar-refractivity contribution in [3.63, 3.8) is 0 Å². The van der Waals surface area contributed by atoms with E-state index in [1.165, 1.54) is 4.57 Å². The molecule has 0 aliphatic heterocycles. The Labute approximate surface area is 95.2 Å². The van der Waals surface area contributed by atoms with Crippen molar-refractivity contribution in [2.75, 3.05) is 0 Å². The molecule has 0 spiro atoms. The molecule has 1 aromatic carbocycles. The van der Waals surface area contributed by atoms with Crippen LogP contribution in [0.25, 0.3) is 10.9 Å². The van der Waals surface area contributed by atoms with E-state index >= 15 is 0 Å². The van der Waals surface area contributed by atoms with E-state index in [0.29, 0.717) is 15.9 Å². The Hall–Kier alpha value is -1.10. The number of aromatic nitrogens is 2. The number of rotatable bonds is 1. The van der Waals surface area contributed by atoms with Crippen LogP contribution in [0.2, 0.25) is 10.3 Å². The van der Waals surface area contributed by atoms with Crippen LogP contribution in [0.4, 0.5) is 0 Å². The highest BCUT2D eigenvalue weighted by Gasteiger charge is 2.07. The van der Waals surface area contributed by atoms with Gasteiger partial charge in [0, 0.05) is 5.02 Å². The lowest BCUT2D eigenvalue weighted by atomic mass is 10.2. The highest BCUT2D eigenvalue weighted by molar-refractivity contribution is 6.31. The maximum absolute atomic E-state index is 11.8. The minimum atomic E-state index is -0.260. The van der Waals surface area contributed by atoms with Crippen molar-refractivity contribution < 1.29 is 0 Å². The van der Waals surface area contributed by atoms with E-state index in [9.17, 15) is 4.79 Å². The predicted octanol–water partition coefficient (Wildman–Crippen LogP) is 1.62. The molecule has 2 N–H and O–H groups in total. The largest absolute Gasteiger partial charge is 0.313 e. The minimum absolute atomic E-state index is 0.00321. The van der Waals surface area contributed by atoms with Crippen molar-refractivity contribution in [3.8, 4) is 0 Å². The molecule has 0 amide bonds. The third-order valence-electron chi connectivity index (χ3n) is 2.05. The van der Waals surface area contributed by atoms with E-state index in [4.69, 9.17) is 28.9 Å². The van der Waals surface area contributed by atoms with E-state index in [-0.39, 0.29) is 17.5 Å². The Morgan fingerprint density at radius 3 is 2.80 bits per heavy atom. The first-order chi connectivity index (χ1) is 7.13. The van der Waals surface area contributed by atoms with Gasteiger partial charge in [-0.05, 0) is 29.8 Å². The second-order valence-electron chi connectivity index (χ2n) is 2.96. The minimum Gasteiger partial charge on any atom is -0.313 e. The maximum atomic E-state index is 11.8. The number of nitrogens with two attached hydrogens (primary N) is 1. The number of benzene rings is 1. The lowest BCUT2D eigenvalue weighted by Crippen LogP contribution is -2.25. The molecule has 0 aliphatic rings. The van der Waals surface area contributed by atoms with Gasteiger partial charge in [-0.2, -0.15) is 0 Å². The zero-order valence-electron chi connectivity index (χ0n) is 7.58. The first-order valence-electron chi connectivity index (χ1n) is 4.19. The van der Waals surface area contributed by atoms with Gasteiger partial charge < -0.3 is 5.73 Å². The number of nitrogens with zero attached hydrogens (tertiary/aromatic N) is 2. The summed E-state index contributed by atoms with van der Waals surface area (Å²) < 4.78 is 1.19. The average molecular weight is 244 g/mol. The fraction of sp³-hybridized carbons (Fsp3) is 0.111. The Morgan fingerprint density at radius 2 is 2.13 bits per heavy atom. The molecule has 4 nitrogen and oxygen atoms in total. The van der Waals surface area contributed by atoms with Crippen molar-refractivity contribution in [2.24, 2.45) is 5.73 Å². The number of halogens is 2. The molecule has 6 heteroatoms. The van der Waals surface area contributed by atoms with Gasteiger partial charge >= 0.3 is 0 Å². The molecular weight excluding hydrogens is 237 g/mol. The molecule has 78 valence electrons. The van der Waals surface area contributed by atoms with Gasteiger partial charge in [-0.1, -0.05) is 11.6 Å². The Balaban J connectivity index is 2.91. The molecule has 0 unspecified atom stereocenters. The molecule has 0 saturated heterocycles. The summed E-state index contributed by atoms with van der Waals surface area (Å²) in [7, 11) is 0. The quantitative estimate of drug-likeness (QED) is 0.775. The fourth-order valence-corrected chi connectivity index (χ4v) is 1.73. The van der Waals surface area contributed by atoms with Crippen LogP contribution in [0.3, 0.4) is 0 Å². The van der Waals surface area contributed by atoms with Crippen LogP contribution >= 0.6 is 23.2 Å². The van der Waals surface area contributed by atoms with Crippen LogP contribution < -0.4 is 11.3 Å². The molecule has 0 saturated carbocycles. The maximum Gasteiger partial charge on any atom is 0.263 e. The van der Waals surface area contributed by atoms with Crippen molar-refractivity contribution in [1.29, 1.82) is 0 Å². The topological polar surface area (TPSA) is 60.9 Å². The second-order valence-corrected chi connectivity index (χ2v) is 3.73. The summed E-state index contributed by atoms with van der Waals surface area (Å²) in [5, 5.41) is 1.03. The SMILES string of the molecule is NCn1c(Cl)nc2cc(Cl)ccc2c1=O. The standard InChI is InChI=1S/C9H7Cl2N3O/c10-5-1-2-6-7(3-5)13-9(11)14(4-12)8(6)15/h1-3H,4,12H2. The molecule has 0 aliphatic carbocycles. The van der Waals surface area contributed by atoms with Crippen LogP contribution in [0.5, 0.6) is 0 Å². The fourth-order valence-electron chi connectivity index (χ4n) is 1.33. The van der Waals surface area contributed by atoms with Crippen LogP contribution in [-0.2, 0) is 6.67 Å². The van der Waals surface area contributed by atoms with Gasteiger partial charge in [0.05, 0.1) is 17.6 Å². The van der Waals surface area contributed by atoms with E-state index in [1.807, 2.05) is 0 Å². The molecule has 2 aromatic rings. The molecule has 0 fully saturated rings. The zero-order valence-corrected chi connectivity index (χ0v) is 9.09. The van der Waals surface area contributed by atoms with Gasteiger partial charge in [0.25, 0.3) is 5.56 Å². The van der Waals surface area contributed by atoms with E-state index in [1.54, 1.807) is 18.2 Å². The first-order valence-corrected chi connectivity index (χ1v) is 4.94. The molecular formula is C9H7Cl2N3O. The number of fused-ring (bicyclic) bond motifs is 1. The van der Waals surface area contributed by atoms with Gasteiger partial charge in [0.1, 0.15) is 0 Å². The van der Waals surface area contributed by atoms with Gasteiger partial charge in [-0.25, -0.2) is 4.98 Å². The van der Waals surface area contributed by atoms with E-state index in [2.05, 4.69) is 4.98 Å². The van der Waals surface area contributed by atoms with Crippen LogP contribution in [0, 0.1) is 0 Å². The summed E-state index contributed by atoms with van der Waals surface area (Å²) >= 11 is 11.6. The third-order valence-corrected chi connectivity index (χ3v) is 2.58. The molecule has 0 atom stereocenters. The summed E-state index contributed by atoms with van der Waals surface area (Å²) in [5.41, 5.74) is 5.60. The summed E-state index contributed by atoms with van der Waals surface area (Å²) in [6.45, 7) is 0.00321. The highest BCUT2D eigenvalue weighted by atomic mass is 35.5. The summed E-state index contributed by atoms with van der Waals surface area (Å²) in [6, 6.07) is 4.82. The van der Waals surface area contributed by atoms with Crippen molar-refractivity contribution in [3.05, 3.63) is 38.9 Å². The molecule has 1 aromatic heterocycles. The van der Waals surface area contributed by atoms with Gasteiger partial charge in [0.15, 0.2) is 0 Å². The van der Waals surface area contributed by atoms with Crippen molar-refractivity contribution in [1.82, 2.24) is 9.55 Å². The van der Waals surface area contributed by atoms with Crippen molar-refractivity contribution in [2.45, 2.75) is 6.67 Å². The monoisotopic (exact) mass is 243 g/mol. The van der Waals surface area contributed by atoms with Gasteiger partial charge in [0.2, 0.25) is 5.28 Å². The number of hydrogen-bond acceptors (Lipinski definition) is 3. The zero-order chi connectivity index (χ0) is 11.0. The Kier molecular flexibility index (Phi) is 2.65. The van der Waals surface area contributed by atoms with Gasteiger partial charge in [-0.15, -0.1) is 0 Å². The lowest BCUT2D eigenvalue weighted by molar-refractivity contribution is 0.693. The van der Waals surface area contributed by atoms with Crippen LogP contribution in [-0.4, -0.2) is 9.55 Å². The van der Waals surface area contributed by atoms with E-state index < -0.39 is 0 Å². The van der Waals surface area contributed by atoms with Crippen LogP contribution in [0.1, 0.15) is 0 Å². The van der Waals surface area contributed by atoms with Gasteiger partial charge in [-0.3, -0.25) is 9.36 Å². The molecule has 2 rings (SSSR count).